The standard InChI is InChI=1S/C13H19NO2/c1-3-10(2)12(14)13(15)16-9-11-7-5-4-6-8-11/h4-8,10,12H,3,9,14H2,1-2H3/t10-,12-/m1/s1. The molecule has 2 N–H and O–H groups in total. The molecule has 0 saturated carbocycles. The predicted molar refractivity (Wildman–Crippen MR) is 63.7 cm³/mol. The van der Waals surface area contributed by atoms with Crippen molar-refractivity contribution in [3.8, 4) is 0 Å². The lowest BCUT2D eigenvalue weighted by Gasteiger charge is -2.16. The molecule has 3 nitrogen and oxygen atoms in total. The van der Waals surface area contributed by atoms with Crippen LogP contribution in [0.3, 0.4) is 0 Å². The van der Waals surface area contributed by atoms with Crippen LogP contribution in [0.1, 0.15) is 25.8 Å². The highest BCUT2D eigenvalue weighted by atomic mass is 16.5. The average molecular weight is 221 g/mol. The highest BCUT2D eigenvalue weighted by molar-refractivity contribution is 5.75. The van der Waals surface area contributed by atoms with Gasteiger partial charge in [0.15, 0.2) is 0 Å². The fourth-order valence-electron chi connectivity index (χ4n) is 1.31. The second-order valence-corrected chi connectivity index (χ2v) is 4.00. The second-order valence-electron chi connectivity index (χ2n) is 4.00. The first-order valence-electron chi connectivity index (χ1n) is 5.61. The lowest BCUT2D eigenvalue weighted by Crippen LogP contribution is -2.37. The third-order valence-corrected chi connectivity index (χ3v) is 2.75. The molecule has 0 radical (unpaired) electrons. The molecule has 0 spiro atoms. The van der Waals surface area contributed by atoms with E-state index in [1.807, 2.05) is 44.2 Å². The third-order valence-electron chi connectivity index (χ3n) is 2.75. The van der Waals surface area contributed by atoms with Crippen molar-refractivity contribution >= 4 is 5.97 Å². The largest absolute Gasteiger partial charge is 0.460 e. The molecule has 88 valence electrons. The molecule has 0 aromatic heterocycles. The van der Waals surface area contributed by atoms with Gasteiger partial charge in [0.2, 0.25) is 0 Å². The summed E-state index contributed by atoms with van der Waals surface area (Å²) in [6.45, 7) is 4.26. The van der Waals surface area contributed by atoms with Crippen molar-refractivity contribution in [2.45, 2.75) is 32.9 Å². The van der Waals surface area contributed by atoms with Crippen molar-refractivity contribution < 1.29 is 9.53 Å². The van der Waals surface area contributed by atoms with E-state index in [0.29, 0.717) is 6.61 Å². The molecule has 0 aliphatic carbocycles. The van der Waals surface area contributed by atoms with Gasteiger partial charge in [0.1, 0.15) is 12.6 Å². The van der Waals surface area contributed by atoms with Crippen molar-refractivity contribution in [2.75, 3.05) is 0 Å². The molecule has 0 unspecified atom stereocenters. The fourth-order valence-corrected chi connectivity index (χ4v) is 1.31. The quantitative estimate of drug-likeness (QED) is 0.775. The SMILES string of the molecule is CC[C@@H](C)[C@@H](N)C(=O)OCc1ccccc1. The first-order valence-corrected chi connectivity index (χ1v) is 5.61. The normalized spacial score (nSPS) is 14.2. The van der Waals surface area contributed by atoms with Crippen LogP contribution in [0.25, 0.3) is 0 Å². The predicted octanol–water partition coefficient (Wildman–Crippen LogP) is 2.10. The van der Waals surface area contributed by atoms with Gasteiger partial charge < -0.3 is 10.5 Å². The number of hydrogen-bond acceptors (Lipinski definition) is 3. The fraction of sp³-hybridized carbons (Fsp3) is 0.462. The first-order chi connectivity index (χ1) is 7.65. The van der Waals surface area contributed by atoms with Crippen LogP contribution in [0.5, 0.6) is 0 Å². The number of benzene rings is 1. The van der Waals surface area contributed by atoms with Gasteiger partial charge in [-0.3, -0.25) is 4.79 Å². The van der Waals surface area contributed by atoms with Crippen LogP contribution >= 0.6 is 0 Å². The van der Waals surface area contributed by atoms with Gasteiger partial charge >= 0.3 is 5.97 Å². The zero-order valence-corrected chi connectivity index (χ0v) is 9.85. The van der Waals surface area contributed by atoms with Crippen molar-refractivity contribution in [3.63, 3.8) is 0 Å². The molecule has 3 heteroatoms. The number of hydrogen-bond donors (Lipinski definition) is 1. The Balaban J connectivity index is 2.41. The summed E-state index contributed by atoms with van der Waals surface area (Å²) in [5, 5.41) is 0. The summed E-state index contributed by atoms with van der Waals surface area (Å²) in [5.74, 6) is -0.165. The van der Waals surface area contributed by atoms with Crippen molar-refractivity contribution in [1.82, 2.24) is 0 Å². The number of esters is 1. The molecular formula is C13H19NO2. The Labute approximate surface area is 96.6 Å². The Morgan fingerprint density at radius 2 is 2.00 bits per heavy atom. The van der Waals surface area contributed by atoms with E-state index in [2.05, 4.69) is 0 Å². The number of carbonyl (C=O) groups excluding carboxylic acids is 1. The monoisotopic (exact) mass is 221 g/mol. The molecule has 1 aromatic carbocycles. The van der Waals surface area contributed by atoms with Crippen molar-refractivity contribution in [3.05, 3.63) is 35.9 Å². The van der Waals surface area contributed by atoms with E-state index in [1.165, 1.54) is 0 Å². The van der Waals surface area contributed by atoms with E-state index in [1.54, 1.807) is 0 Å². The number of rotatable bonds is 5. The lowest BCUT2D eigenvalue weighted by molar-refractivity contribution is -0.147. The number of nitrogens with two attached hydrogens (primary N) is 1. The molecular weight excluding hydrogens is 202 g/mol. The zero-order chi connectivity index (χ0) is 12.0. The number of ether oxygens (including phenoxy) is 1. The maximum Gasteiger partial charge on any atom is 0.323 e. The Kier molecular flexibility index (Phi) is 4.99. The summed E-state index contributed by atoms with van der Waals surface area (Å²) in [5.41, 5.74) is 6.74. The summed E-state index contributed by atoms with van der Waals surface area (Å²) < 4.78 is 5.15. The zero-order valence-electron chi connectivity index (χ0n) is 9.85. The van der Waals surface area contributed by atoms with Crippen LogP contribution in [0, 0.1) is 5.92 Å². The third kappa shape index (κ3) is 3.66. The Morgan fingerprint density at radius 1 is 1.38 bits per heavy atom. The minimum atomic E-state index is -0.520. The Morgan fingerprint density at radius 3 is 2.56 bits per heavy atom. The smallest absolute Gasteiger partial charge is 0.323 e. The molecule has 16 heavy (non-hydrogen) atoms. The van der Waals surface area contributed by atoms with Crippen LogP contribution < -0.4 is 5.73 Å². The van der Waals surface area contributed by atoms with E-state index in [9.17, 15) is 4.79 Å². The van der Waals surface area contributed by atoms with Crippen LogP contribution in [-0.4, -0.2) is 12.0 Å². The summed E-state index contributed by atoms with van der Waals surface area (Å²) >= 11 is 0. The maximum atomic E-state index is 11.6. The second kappa shape index (κ2) is 6.28. The molecule has 0 amide bonds. The van der Waals surface area contributed by atoms with Gasteiger partial charge in [-0.15, -0.1) is 0 Å². The molecule has 0 aliphatic heterocycles. The van der Waals surface area contributed by atoms with Gasteiger partial charge in [-0.1, -0.05) is 50.6 Å². The topological polar surface area (TPSA) is 52.3 Å². The van der Waals surface area contributed by atoms with E-state index in [4.69, 9.17) is 10.5 Å². The summed E-state index contributed by atoms with van der Waals surface area (Å²) in [6.07, 6.45) is 0.877. The van der Waals surface area contributed by atoms with E-state index < -0.39 is 6.04 Å². The maximum absolute atomic E-state index is 11.6. The minimum absolute atomic E-state index is 0.156. The van der Waals surface area contributed by atoms with Gasteiger partial charge in [-0.25, -0.2) is 0 Å². The van der Waals surface area contributed by atoms with Gasteiger partial charge in [0.05, 0.1) is 0 Å². The van der Waals surface area contributed by atoms with E-state index in [0.717, 1.165) is 12.0 Å². The Hall–Kier alpha value is -1.35. The summed E-state index contributed by atoms with van der Waals surface area (Å²) in [4.78, 5) is 11.6. The minimum Gasteiger partial charge on any atom is -0.460 e. The van der Waals surface area contributed by atoms with Crippen molar-refractivity contribution in [2.24, 2.45) is 11.7 Å². The lowest BCUT2D eigenvalue weighted by atomic mass is 10.0. The highest BCUT2D eigenvalue weighted by Crippen LogP contribution is 2.08. The van der Waals surface area contributed by atoms with E-state index >= 15 is 0 Å². The van der Waals surface area contributed by atoms with E-state index in [-0.39, 0.29) is 11.9 Å². The molecule has 0 heterocycles. The van der Waals surface area contributed by atoms with Crippen molar-refractivity contribution in [1.29, 1.82) is 0 Å². The summed E-state index contributed by atoms with van der Waals surface area (Å²) in [6, 6.07) is 9.07. The van der Waals surface area contributed by atoms with Crippen LogP contribution in [-0.2, 0) is 16.1 Å². The molecule has 0 aliphatic rings. The van der Waals surface area contributed by atoms with Crippen LogP contribution in [0.2, 0.25) is 0 Å². The molecule has 1 aromatic rings. The molecule has 0 bridgehead atoms. The van der Waals surface area contributed by atoms with Gasteiger partial charge in [-0.2, -0.15) is 0 Å². The Bertz CT molecular complexity index is 324. The van der Waals surface area contributed by atoms with Gasteiger partial charge in [-0.05, 0) is 11.5 Å². The molecule has 0 saturated heterocycles. The number of carbonyl (C=O) groups is 1. The molecule has 2 atom stereocenters. The van der Waals surface area contributed by atoms with Gasteiger partial charge in [0, 0.05) is 0 Å². The highest BCUT2D eigenvalue weighted by Gasteiger charge is 2.20. The average Bonchev–Trinajstić information content (AvgIpc) is 2.35. The van der Waals surface area contributed by atoms with Gasteiger partial charge in [0.25, 0.3) is 0 Å². The van der Waals surface area contributed by atoms with Crippen LogP contribution in [0.15, 0.2) is 30.3 Å². The molecule has 1 rings (SSSR count). The van der Waals surface area contributed by atoms with Crippen LogP contribution in [0.4, 0.5) is 0 Å². The summed E-state index contributed by atoms with van der Waals surface area (Å²) in [7, 11) is 0. The molecule has 0 fully saturated rings. The first kappa shape index (κ1) is 12.7.